The summed E-state index contributed by atoms with van der Waals surface area (Å²) in [4.78, 5) is 19.0. The molecule has 1 aliphatic heterocycles. The van der Waals surface area contributed by atoms with Gasteiger partial charge in [-0.05, 0) is 17.7 Å². The van der Waals surface area contributed by atoms with E-state index >= 15 is 0 Å². The first kappa shape index (κ1) is 19.3. The van der Waals surface area contributed by atoms with Crippen LogP contribution in [0.4, 0.5) is 4.79 Å². The molecule has 0 spiro atoms. The van der Waals surface area contributed by atoms with Crippen LogP contribution in [0, 0.1) is 0 Å². The Morgan fingerprint density at radius 1 is 1.46 bits per heavy atom. The van der Waals surface area contributed by atoms with Gasteiger partial charge in [-0.3, -0.25) is 0 Å². The van der Waals surface area contributed by atoms with E-state index in [1.54, 1.807) is 11.3 Å². The number of rotatable bonds is 3. The van der Waals surface area contributed by atoms with Crippen LogP contribution in [0.3, 0.4) is 0 Å². The molecule has 1 saturated heterocycles. The van der Waals surface area contributed by atoms with Crippen LogP contribution in [0.2, 0.25) is 0 Å². The van der Waals surface area contributed by atoms with E-state index in [2.05, 4.69) is 47.0 Å². The molecule has 26 heavy (non-hydrogen) atoms. The molecule has 3 rings (SSSR count). The molecule has 1 atom stereocenters. The highest BCUT2D eigenvalue weighted by molar-refractivity contribution is 9.10. The minimum Gasteiger partial charge on any atom is -0.370 e. The van der Waals surface area contributed by atoms with E-state index < -0.39 is 0 Å². The number of thiazole rings is 1. The lowest BCUT2D eigenvalue weighted by Crippen LogP contribution is -2.47. The van der Waals surface area contributed by atoms with Crippen LogP contribution in [0.5, 0.6) is 0 Å². The molecule has 1 aromatic carbocycles. The molecular formula is C19H24BrN3O2S. The van der Waals surface area contributed by atoms with Crippen LogP contribution < -0.4 is 5.32 Å². The molecule has 1 aromatic heterocycles. The Bertz CT molecular complexity index is 772. The SMILES string of the molecule is CC(C)(C)c1nc(CNC(=O)N2CCOC(c3cccc(Br)c3)C2)cs1. The summed E-state index contributed by atoms with van der Waals surface area (Å²) in [5.74, 6) is 0. The fraction of sp³-hybridized carbons (Fsp3) is 0.474. The zero-order valence-electron chi connectivity index (χ0n) is 15.3. The van der Waals surface area contributed by atoms with Gasteiger partial charge in [-0.15, -0.1) is 11.3 Å². The second-order valence-corrected chi connectivity index (χ2v) is 9.19. The first-order valence-corrected chi connectivity index (χ1v) is 10.3. The highest BCUT2D eigenvalue weighted by Gasteiger charge is 2.25. The van der Waals surface area contributed by atoms with Gasteiger partial charge in [-0.2, -0.15) is 0 Å². The normalized spacial score (nSPS) is 18.0. The van der Waals surface area contributed by atoms with E-state index in [9.17, 15) is 4.79 Å². The van der Waals surface area contributed by atoms with Crippen molar-refractivity contribution in [3.63, 3.8) is 0 Å². The maximum absolute atomic E-state index is 12.5. The average Bonchev–Trinajstić information content (AvgIpc) is 3.09. The van der Waals surface area contributed by atoms with Crippen LogP contribution in [0.25, 0.3) is 0 Å². The minimum absolute atomic E-state index is 0.0360. The van der Waals surface area contributed by atoms with Crippen molar-refractivity contribution in [2.75, 3.05) is 19.7 Å². The second kappa shape index (κ2) is 8.06. The van der Waals surface area contributed by atoms with Gasteiger partial charge in [0.2, 0.25) is 0 Å². The van der Waals surface area contributed by atoms with E-state index in [0.717, 1.165) is 20.7 Å². The molecule has 1 unspecified atom stereocenters. The number of urea groups is 1. The Kier molecular flexibility index (Phi) is 5.99. The van der Waals surface area contributed by atoms with Gasteiger partial charge < -0.3 is 15.0 Å². The summed E-state index contributed by atoms with van der Waals surface area (Å²) >= 11 is 5.13. The van der Waals surface area contributed by atoms with Crippen molar-refractivity contribution in [1.82, 2.24) is 15.2 Å². The van der Waals surface area contributed by atoms with Crippen molar-refractivity contribution in [1.29, 1.82) is 0 Å². The van der Waals surface area contributed by atoms with Gasteiger partial charge in [0.15, 0.2) is 0 Å². The maximum Gasteiger partial charge on any atom is 0.317 e. The second-order valence-electron chi connectivity index (χ2n) is 7.41. The lowest BCUT2D eigenvalue weighted by molar-refractivity contribution is -0.0155. The molecule has 7 heteroatoms. The van der Waals surface area contributed by atoms with E-state index in [4.69, 9.17) is 4.74 Å². The first-order chi connectivity index (χ1) is 12.3. The van der Waals surface area contributed by atoms with Crippen molar-refractivity contribution in [2.24, 2.45) is 0 Å². The summed E-state index contributed by atoms with van der Waals surface area (Å²) in [7, 11) is 0. The molecule has 0 aliphatic carbocycles. The summed E-state index contributed by atoms with van der Waals surface area (Å²) in [6.45, 7) is 8.56. The molecule has 5 nitrogen and oxygen atoms in total. The molecule has 0 bridgehead atoms. The van der Waals surface area contributed by atoms with Crippen LogP contribution >= 0.6 is 27.3 Å². The number of benzene rings is 1. The molecule has 0 radical (unpaired) electrons. The fourth-order valence-electron chi connectivity index (χ4n) is 2.75. The molecule has 140 valence electrons. The van der Waals surface area contributed by atoms with Crippen LogP contribution in [0.15, 0.2) is 34.1 Å². The molecule has 1 N–H and O–H groups in total. The number of ether oxygens (including phenoxy) is 1. The number of carbonyl (C=O) groups excluding carboxylic acids is 1. The van der Waals surface area contributed by atoms with E-state index in [-0.39, 0.29) is 17.6 Å². The number of nitrogens with one attached hydrogen (secondary N) is 1. The number of hydrogen-bond donors (Lipinski definition) is 1. The van der Waals surface area contributed by atoms with Crippen molar-refractivity contribution in [3.8, 4) is 0 Å². The highest BCUT2D eigenvalue weighted by Crippen LogP contribution is 2.26. The number of hydrogen-bond acceptors (Lipinski definition) is 4. The van der Waals surface area contributed by atoms with Crippen LogP contribution in [-0.4, -0.2) is 35.6 Å². The van der Waals surface area contributed by atoms with E-state index in [1.807, 2.05) is 34.5 Å². The van der Waals surface area contributed by atoms with Crippen molar-refractivity contribution >= 4 is 33.3 Å². The van der Waals surface area contributed by atoms with Gasteiger partial charge in [0.05, 0.1) is 30.4 Å². The molecule has 2 aromatic rings. The Labute approximate surface area is 166 Å². The Balaban J connectivity index is 1.57. The lowest BCUT2D eigenvalue weighted by Gasteiger charge is -2.33. The monoisotopic (exact) mass is 437 g/mol. The number of halogens is 1. The molecule has 1 aliphatic rings. The van der Waals surface area contributed by atoms with Crippen LogP contribution in [0.1, 0.15) is 43.1 Å². The number of morpholine rings is 1. The third-order valence-corrected chi connectivity index (χ3v) is 6.00. The summed E-state index contributed by atoms with van der Waals surface area (Å²) < 4.78 is 6.86. The standard InChI is InChI=1S/C19H24BrN3O2S/c1-19(2,3)17-22-15(12-26-17)10-21-18(24)23-7-8-25-16(11-23)13-5-4-6-14(20)9-13/h4-6,9,12,16H,7-8,10-11H2,1-3H3,(H,21,24). The largest absolute Gasteiger partial charge is 0.370 e. The van der Waals surface area contributed by atoms with Gasteiger partial charge in [0, 0.05) is 21.8 Å². The summed E-state index contributed by atoms with van der Waals surface area (Å²) in [5.41, 5.74) is 2.02. The smallest absolute Gasteiger partial charge is 0.317 e. The Hall–Kier alpha value is -1.44. The van der Waals surface area contributed by atoms with Gasteiger partial charge in [-0.25, -0.2) is 9.78 Å². The third kappa shape index (κ3) is 4.84. The van der Waals surface area contributed by atoms with E-state index in [1.165, 1.54) is 0 Å². The molecule has 2 amide bonds. The van der Waals surface area contributed by atoms with Crippen molar-refractivity contribution in [2.45, 2.75) is 38.8 Å². The number of aromatic nitrogens is 1. The number of nitrogens with zero attached hydrogens (tertiary/aromatic N) is 2. The van der Waals surface area contributed by atoms with E-state index in [0.29, 0.717) is 26.2 Å². The predicted molar refractivity (Wildman–Crippen MR) is 107 cm³/mol. The van der Waals surface area contributed by atoms with Gasteiger partial charge in [-0.1, -0.05) is 48.8 Å². The highest BCUT2D eigenvalue weighted by atomic mass is 79.9. The Morgan fingerprint density at radius 3 is 2.96 bits per heavy atom. The zero-order valence-corrected chi connectivity index (χ0v) is 17.7. The van der Waals surface area contributed by atoms with Crippen LogP contribution in [-0.2, 0) is 16.7 Å². The zero-order chi connectivity index (χ0) is 18.7. The predicted octanol–water partition coefficient (Wildman–Crippen LogP) is 4.49. The van der Waals surface area contributed by atoms with Gasteiger partial charge >= 0.3 is 6.03 Å². The molecule has 2 heterocycles. The van der Waals surface area contributed by atoms with Gasteiger partial charge in [0.25, 0.3) is 0 Å². The van der Waals surface area contributed by atoms with Gasteiger partial charge in [0.1, 0.15) is 6.10 Å². The van der Waals surface area contributed by atoms with Crippen molar-refractivity contribution in [3.05, 3.63) is 50.4 Å². The maximum atomic E-state index is 12.5. The van der Waals surface area contributed by atoms with Crippen molar-refractivity contribution < 1.29 is 9.53 Å². The topological polar surface area (TPSA) is 54.5 Å². The molecule has 0 saturated carbocycles. The first-order valence-electron chi connectivity index (χ1n) is 8.67. The number of amides is 2. The minimum atomic E-state index is -0.0984. The Morgan fingerprint density at radius 2 is 2.27 bits per heavy atom. The third-order valence-electron chi connectivity index (χ3n) is 4.19. The quantitative estimate of drug-likeness (QED) is 0.769. The summed E-state index contributed by atoms with van der Waals surface area (Å²) in [5, 5.41) is 6.09. The average molecular weight is 438 g/mol. The molecule has 1 fully saturated rings. The fourth-order valence-corrected chi connectivity index (χ4v) is 4.08. The number of carbonyl (C=O) groups is 1. The molecular weight excluding hydrogens is 414 g/mol. The lowest BCUT2D eigenvalue weighted by atomic mass is 9.98. The summed E-state index contributed by atoms with van der Waals surface area (Å²) in [6, 6.07) is 7.96. The summed E-state index contributed by atoms with van der Waals surface area (Å²) in [6.07, 6.45) is -0.0984.